The Hall–Kier alpha value is -1.82. The van der Waals surface area contributed by atoms with Gasteiger partial charge in [0.15, 0.2) is 11.9 Å². The largest absolute Gasteiger partial charge is 0.479 e. The quantitative estimate of drug-likeness (QED) is 0.631. The Labute approximate surface area is 85.5 Å². The van der Waals surface area contributed by atoms with E-state index in [4.69, 9.17) is 14.6 Å². The zero-order valence-electron chi connectivity index (χ0n) is 7.84. The van der Waals surface area contributed by atoms with E-state index in [1.54, 1.807) is 6.07 Å². The van der Waals surface area contributed by atoms with Gasteiger partial charge in [0.2, 0.25) is 0 Å². The molecule has 1 rings (SSSR count). The van der Waals surface area contributed by atoms with E-state index >= 15 is 0 Å². The van der Waals surface area contributed by atoms with Crippen LogP contribution in [-0.2, 0) is 4.79 Å². The zero-order valence-corrected chi connectivity index (χ0v) is 7.84. The third kappa shape index (κ3) is 3.43. The van der Waals surface area contributed by atoms with E-state index < -0.39 is 18.0 Å². The SMILES string of the molecule is O=C(NCC[C@H](O)C(=O)O)c1ccco1. The van der Waals surface area contributed by atoms with Crippen molar-refractivity contribution >= 4 is 11.9 Å². The summed E-state index contributed by atoms with van der Waals surface area (Å²) in [5.41, 5.74) is 0. The van der Waals surface area contributed by atoms with Gasteiger partial charge < -0.3 is 19.9 Å². The first-order valence-corrected chi connectivity index (χ1v) is 4.34. The fourth-order valence-electron chi connectivity index (χ4n) is 0.941. The maximum Gasteiger partial charge on any atom is 0.332 e. The van der Waals surface area contributed by atoms with E-state index in [-0.39, 0.29) is 18.7 Å². The monoisotopic (exact) mass is 213 g/mol. The Morgan fingerprint density at radius 3 is 2.80 bits per heavy atom. The van der Waals surface area contributed by atoms with Crippen molar-refractivity contribution in [1.82, 2.24) is 5.32 Å². The molecule has 0 aromatic carbocycles. The molecular formula is C9H11NO5. The summed E-state index contributed by atoms with van der Waals surface area (Å²) in [5, 5.41) is 19.7. The minimum absolute atomic E-state index is 0.0399. The molecule has 0 saturated carbocycles. The van der Waals surface area contributed by atoms with Crippen LogP contribution in [0.1, 0.15) is 17.0 Å². The van der Waals surface area contributed by atoms with Crippen molar-refractivity contribution in [3.8, 4) is 0 Å². The third-order valence-corrected chi connectivity index (χ3v) is 1.73. The summed E-state index contributed by atoms with van der Waals surface area (Å²) in [4.78, 5) is 21.4. The Morgan fingerprint density at radius 2 is 2.27 bits per heavy atom. The number of amides is 1. The molecule has 6 heteroatoms. The number of carbonyl (C=O) groups is 2. The van der Waals surface area contributed by atoms with Crippen molar-refractivity contribution in [2.24, 2.45) is 0 Å². The Morgan fingerprint density at radius 1 is 1.53 bits per heavy atom. The topological polar surface area (TPSA) is 99.8 Å². The predicted molar refractivity (Wildman–Crippen MR) is 49.3 cm³/mol. The molecule has 1 atom stereocenters. The van der Waals surface area contributed by atoms with Gasteiger partial charge in [-0.1, -0.05) is 0 Å². The van der Waals surface area contributed by atoms with Crippen molar-refractivity contribution in [3.63, 3.8) is 0 Å². The Balaban J connectivity index is 2.27. The lowest BCUT2D eigenvalue weighted by Gasteiger charge is -2.05. The molecule has 0 aliphatic carbocycles. The molecule has 0 fully saturated rings. The van der Waals surface area contributed by atoms with Crippen molar-refractivity contribution in [1.29, 1.82) is 0 Å². The minimum Gasteiger partial charge on any atom is -0.479 e. The second-order valence-corrected chi connectivity index (χ2v) is 2.88. The van der Waals surface area contributed by atoms with Crippen LogP contribution < -0.4 is 5.32 Å². The number of aliphatic carboxylic acids is 1. The highest BCUT2D eigenvalue weighted by atomic mass is 16.4. The van der Waals surface area contributed by atoms with Crippen molar-refractivity contribution in [2.45, 2.75) is 12.5 Å². The molecule has 0 bridgehead atoms. The van der Waals surface area contributed by atoms with Crippen LogP contribution in [0.4, 0.5) is 0 Å². The van der Waals surface area contributed by atoms with E-state index in [1.807, 2.05) is 0 Å². The summed E-state index contributed by atoms with van der Waals surface area (Å²) >= 11 is 0. The molecule has 0 radical (unpaired) electrons. The lowest BCUT2D eigenvalue weighted by molar-refractivity contribution is -0.146. The highest BCUT2D eigenvalue weighted by molar-refractivity contribution is 5.91. The van der Waals surface area contributed by atoms with Gasteiger partial charge in [0.25, 0.3) is 5.91 Å². The fraction of sp³-hybridized carbons (Fsp3) is 0.333. The van der Waals surface area contributed by atoms with Gasteiger partial charge in [0.05, 0.1) is 6.26 Å². The summed E-state index contributed by atoms with van der Waals surface area (Å²) in [6.07, 6.45) is -0.134. The van der Waals surface area contributed by atoms with Gasteiger partial charge in [-0.3, -0.25) is 4.79 Å². The summed E-state index contributed by atoms with van der Waals surface area (Å²) < 4.78 is 4.81. The number of carbonyl (C=O) groups excluding carboxylic acids is 1. The van der Waals surface area contributed by atoms with Gasteiger partial charge in [-0.25, -0.2) is 4.79 Å². The van der Waals surface area contributed by atoms with Crippen molar-refractivity contribution in [2.75, 3.05) is 6.54 Å². The van der Waals surface area contributed by atoms with Crippen LogP contribution >= 0.6 is 0 Å². The van der Waals surface area contributed by atoms with Crippen LogP contribution in [-0.4, -0.2) is 34.7 Å². The molecule has 0 spiro atoms. The number of nitrogens with one attached hydrogen (secondary N) is 1. The number of carboxylic acid groups (broad SMARTS) is 1. The first-order chi connectivity index (χ1) is 7.11. The maximum atomic E-state index is 11.2. The zero-order chi connectivity index (χ0) is 11.3. The molecule has 15 heavy (non-hydrogen) atoms. The van der Waals surface area contributed by atoms with Gasteiger partial charge in [-0.15, -0.1) is 0 Å². The average Bonchev–Trinajstić information content (AvgIpc) is 2.70. The van der Waals surface area contributed by atoms with Gasteiger partial charge in [0, 0.05) is 13.0 Å². The average molecular weight is 213 g/mol. The lowest BCUT2D eigenvalue weighted by Crippen LogP contribution is -2.29. The first-order valence-electron chi connectivity index (χ1n) is 4.34. The molecule has 1 heterocycles. The molecule has 0 saturated heterocycles. The lowest BCUT2D eigenvalue weighted by atomic mass is 10.2. The van der Waals surface area contributed by atoms with Crippen molar-refractivity contribution < 1.29 is 24.2 Å². The highest BCUT2D eigenvalue weighted by Gasteiger charge is 2.13. The second kappa shape index (κ2) is 5.16. The van der Waals surface area contributed by atoms with Crippen LogP contribution in [0.15, 0.2) is 22.8 Å². The van der Waals surface area contributed by atoms with E-state index in [0.717, 1.165) is 0 Å². The number of hydrogen-bond donors (Lipinski definition) is 3. The molecule has 0 aliphatic heterocycles. The van der Waals surface area contributed by atoms with E-state index in [0.29, 0.717) is 0 Å². The van der Waals surface area contributed by atoms with Crippen LogP contribution in [0.25, 0.3) is 0 Å². The molecule has 0 unspecified atom stereocenters. The normalized spacial score (nSPS) is 12.1. The molecule has 1 amide bonds. The number of hydrogen-bond acceptors (Lipinski definition) is 4. The summed E-state index contributed by atoms with van der Waals surface area (Å²) in [7, 11) is 0. The van der Waals surface area contributed by atoms with E-state index in [1.165, 1.54) is 12.3 Å². The number of aliphatic hydroxyl groups is 1. The molecular weight excluding hydrogens is 202 g/mol. The molecule has 6 nitrogen and oxygen atoms in total. The number of furan rings is 1. The predicted octanol–water partition coefficient (Wildman–Crippen LogP) is -0.155. The standard InChI is InChI=1S/C9H11NO5/c11-6(9(13)14)3-4-10-8(12)7-2-1-5-15-7/h1-2,5-6,11H,3-4H2,(H,10,12)(H,13,14)/t6-/m0/s1. The van der Waals surface area contributed by atoms with Gasteiger partial charge >= 0.3 is 5.97 Å². The molecule has 0 aliphatic rings. The molecule has 1 aromatic rings. The van der Waals surface area contributed by atoms with E-state index in [2.05, 4.69) is 5.32 Å². The van der Waals surface area contributed by atoms with Crippen LogP contribution in [0, 0.1) is 0 Å². The third-order valence-electron chi connectivity index (χ3n) is 1.73. The van der Waals surface area contributed by atoms with Crippen molar-refractivity contribution in [3.05, 3.63) is 24.2 Å². The second-order valence-electron chi connectivity index (χ2n) is 2.88. The first kappa shape index (κ1) is 11.3. The van der Waals surface area contributed by atoms with Gasteiger partial charge in [-0.05, 0) is 12.1 Å². The van der Waals surface area contributed by atoms with Crippen LogP contribution in [0.3, 0.4) is 0 Å². The minimum atomic E-state index is -1.46. The molecule has 3 N–H and O–H groups in total. The molecule has 82 valence electrons. The summed E-state index contributed by atoms with van der Waals surface area (Å²) in [5.74, 6) is -1.58. The summed E-state index contributed by atoms with van der Waals surface area (Å²) in [6.45, 7) is 0.0764. The van der Waals surface area contributed by atoms with Gasteiger partial charge in [0.1, 0.15) is 0 Å². The summed E-state index contributed by atoms with van der Waals surface area (Å²) in [6, 6.07) is 3.06. The Kier molecular flexibility index (Phi) is 3.87. The number of carboxylic acids is 1. The molecule has 1 aromatic heterocycles. The van der Waals surface area contributed by atoms with Crippen LogP contribution in [0.5, 0.6) is 0 Å². The maximum absolute atomic E-state index is 11.2. The number of aliphatic hydroxyl groups excluding tert-OH is 1. The smallest absolute Gasteiger partial charge is 0.332 e. The Bertz CT molecular complexity index is 332. The van der Waals surface area contributed by atoms with Gasteiger partial charge in [-0.2, -0.15) is 0 Å². The van der Waals surface area contributed by atoms with E-state index in [9.17, 15) is 9.59 Å². The number of rotatable bonds is 5. The highest BCUT2D eigenvalue weighted by Crippen LogP contribution is 1.99. The van der Waals surface area contributed by atoms with Crippen LogP contribution in [0.2, 0.25) is 0 Å². The fourth-order valence-corrected chi connectivity index (χ4v) is 0.941.